The summed E-state index contributed by atoms with van der Waals surface area (Å²) in [6.07, 6.45) is 4.64. The third-order valence-electron chi connectivity index (χ3n) is 3.07. The summed E-state index contributed by atoms with van der Waals surface area (Å²) in [6.45, 7) is 3.57. The van der Waals surface area contributed by atoms with E-state index in [1.54, 1.807) is 16.0 Å². The lowest BCUT2D eigenvalue weighted by Crippen LogP contribution is -2.26. The molecule has 0 aliphatic carbocycles. The molecule has 0 aliphatic heterocycles. The summed E-state index contributed by atoms with van der Waals surface area (Å²) >= 11 is 3.04. The number of tetrazole rings is 1. The van der Waals surface area contributed by atoms with Crippen LogP contribution in [0.15, 0.2) is 22.7 Å². The Morgan fingerprint density at radius 2 is 2.32 bits per heavy atom. The molecule has 22 heavy (non-hydrogen) atoms. The second-order valence-electron chi connectivity index (χ2n) is 4.90. The molecule has 2 rings (SSSR count). The van der Waals surface area contributed by atoms with Gasteiger partial charge in [-0.1, -0.05) is 44.0 Å². The lowest BCUT2D eigenvalue weighted by Gasteiger charge is -2.05. The standard InChI is InChI=1S/C14H21N5OS2/c1-2-3-4-5-8-15-13(20)11-22-14-16-17-18-19(14)10-12-7-6-9-21-12/h6-7,9H,2-5,8,10-11H2,1H3,(H,15,20). The zero-order valence-corrected chi connectivity index (χ0v) is 14.3. The molecule has 0 aromatic carbocycles. The van der Waals surface area contributed by atoms with Gasteiger partial charge in [0.2, 0.25) is 11.1 Å². The first-order valence-electron chi connectivity index (χ1n) is 7.47. The summed E-state index contributed by atoms with van der Waals surface area (Å²) in [5.41, 5.74) is 0. The molecule has 0 bridgehead atoms. The van der Waals surface area contributed by atoms with Crippen LogP contribution in [0.1, 0.15) is 37.5 Å². The minimum Gasteiger partial charge on any atom is -0.355 e. The molecule has 0 aliphatic rings. The van der Waals surface area contributed by atoms with Gasteiger partial charge in [-0.2, -0.15) is 0 Å². The van der Waals surface area contributed by atoms with E-state index in [1.165, 1.54) is 35.9 Å². The molecule has 0 atom stereocenters. The monoisotopic (exact) mass is 339 g/mol. The van der Waals surface area contributed by atoms with Crippen molar-refractivity contribution in [1.29, 1.82) is 0 Å². The lowest BCUT2D eigenvalue weighted by atomic mass is 10.2. The Labute approximate surface area is 138 Å². The summed E-state index contributed by atoms with van der Waals surface area (Å²) in [7, 11) is 0. The van der Waals surface area contributed by atoms with E-state index in [4.69, 9.17) is 0 Å². The molecule has 2 aromatic rings. The topological polar surface area (TPSA) is 72.7 Å². The number of amides is 1. The van der Waals surface area contributed by atoms with E-state index in [9.17, 15) is 4.79 Å². The van der Waals surface area contributed by atoms with Gasteiger partial charge < -0.3 is 5.32 Å². The normalized spacial score (nSPS) is 10.8. The maximum absolute atomic E-state index is 11.8. The second kappa shape index (κ2) is 9.58. The molecule has 0 fully saturated rings. The summed E-state index contributed by atoms with van der Waals surface area (Å²) in [5, 5.41) is 17.3. The highest BCUT2D eigenvalue weighted by Gasteiger charge is 2.10. The van der Waals surface area contributed by atoms with Crippen LogP contribution in [0, 0.1) is 0 Å². The highest BCUT2D eigenvalue weighted by atomic mass is 32.2. The minimum atomic E-state index is 0.0344. The Morgan fingerprint density at radius 3 is 3.09 bits per heavy atom. The number of hydrogen-bond donors (Lipinski definition) is 1. The van der Waals surface area contributed by atoms with Crippen molar-refractivity contribution in [3.63, 3.8) is 0 Å². The Hall–Kier alpha value is -1.41. The average Bonchev–Trinajstić information content (AvgIpc) is 3.17. The van der Waals surface area contributed by atoms with Gasteiger partial charge >= 0.3 is 0 Å². The average molecular weight is 339 g/mol. The fourth-order valence-corrected chi connectivity index (χ4v) is 3.30. The Kier molecular flexibility index (Phi) is 7.38. The van der Waals surface area contributed by atoms with Gasteiger partial charge in [0.25, 0.3) is 0 Å². The van der Waals surface area contributed by atoms with Gasteiger partial charge in [0.05, 0.1) is 12.3 Å². The predicted octanol–water partition coefficient (Wildman–Crippen LogP) is 2.57. The largest absolute Gasteiger partial charge is 0.355 e. The predicted molar refractivity (Wildman–Crippen MR) is 89.1 cm³/mol. The van der Waals surface area contributed by atoms with Crippen LogP contribution in [-0.4, -0.2) is 38.4 Å². The molecular weight excluding hydrogens is 318 g/mol. The molecule has 0 saturated heterocycles. The molecule has 0 unspecified atom stereocenters. The molecule has 0 saturated carbocycles. The molecule has 6 nitrogen and oxygen atoms in total. The molecule has 2 aromatic heterocycles. The van der Waals surface area contributed by atoms with Crippen molar-refractivity contribution in [2.75, 3.05) is 12.3 Å². The van der Waals surface area contributed by atoms with E-state index >= 15 is 0 Å². The number of nitrogens with zero attached hydrogens (tertiary/aromatic N) is 4. The van der Waals surface area contributed by atoms with Crippen LogP contribution in [0.2, 0.25) is 0 Å². The fourth-order valence-electron chi connectivity index (χ4n) is 1.91. The van der Waals surface area contributed by atoms with Crippen molar-refractivity contribution in [1.82, 2.24) is 25.5 Å². The quantitative estimate of drug-likeness (QED) is 0.532. The van der Waals surface area contributed by atoms with Crippen LogP contribution in [0.25, 0.3) is 0 Å². The summed E-state index contributed by atoms with van der Waals surface area (Å²) in [4.78, 5) is 13.0. The second-order valence-corrected chi connectivity index (χ2v) is 6.87. The molecule has 120 valence electrons. The number of carbonyl (C=O) groups excluding carboxylic acids is 1. The third kappa shape index (κ3) is 5.76. The lowest BCUT2D eigenvalue weighted by molar-refractivity contribution is -0.118. The first-order chi connectivity index (χ1) is 10.8. The zero-order valence-electron chi connectivity index (χ0n) is 12.7. The van der Waals surface area contributed by atoms with Crippen LogP contribution in [0.3, 0.4) is 0 Å². The highest BCUT2D eigenvalue weighted by molar-refractivity contribution is 7.99. The van der Waals surface area contributed by atoms with Gasteiger partial charge in [-0.15, -0.1) is 16.4 Å². The third-order valence-corrected chi connectivity index (χ3v) is 4.89. The maximum Gasteiger partial charge on any atom is 0.230 e. The number of aromatic nitrogens is 4. The first kappa shape index (κ1) is 17.0. The number of carbonyl (C=O) groups is 1. The summed E-state index contributed by atoms with van der Waals surface area (Å²) in [6, 6.07) is 4.05. The van der Waals surface area contributed by atoms with E-state index in [2.05, 4.69) is 27.8 Å². The number of nitrogens with one attached hydrogen (secondary N) is 1. The van der Waals surface area contributed by atoms with E-state index in [0.29, 0.717) is 17.5 Å². The van der Waals surface area contributed by atoms with Crippen LogP contribution >= 0.6 is 23.1 Å². The van der Waals surface area contributed by atoms with E-state index < -0.39 is 0 Å². The molecule has 0 radical (unpaired) electrons. The number of rotatable bonds is 10. The summed E-state index contributed by atoms with van der Waals surface area (Å²) < 4.78 is 1.73. The van der Waals surface area contributed by atoms with Gasteiger partial charge in [-0.3, -0.25) is 4.79 Å². The van der Waals surface area contributed by atoms with Crippen molar-refractivity contribution in [2.45, 2.75) is 44.3 Å². The van der Waals surface area contributed by atoms with Crippen molar-refractivity contribution < 1.29 is 4.79 Å². The maximum atomic E-state index is 11.8. The number of hydrogen-bond acceptors (Lipinski definition) is 6. The first-order valence-corrected chi connectivity index (χ1v) is 9.34. The molecule has 2 heterocycles. The zero-order chi connectivity index (χ0) is 15.6. The van der Waals surface area contributed by atoms with Gasteiger partial charge in [0.15, 0.2) is 0 Å². The summed E-state index contributed by atoms with van der Waals surface area (Å²) in [5.74, 6) is 0.380. The van der Waals surface area contributed by atoms with E-state index in [-0.39, 0.29) is 5.91 Å². The van der Waals surface area contributed by atoms with Crippen LogP contribution in [0.5, 0.6) is 0 Å². The van der Waals surface area contributed by atoms with Crippen LogP contribution < -0.4 is 5.32 Å². The minimum absolute atomic E-state index is 0.0344. The molecule has 1 N–H and O–H groups in total. The Bertz CT molecular complexity index is 555. The van der Waals surface area contributed by atoms with Crippen molar-refractivity contribution in [3.8, 4) is 0 Å². The highest BCUT2D eigenvalue weighted by Crippen LogP contribution is 2.16. The Balaban J connectivity index is 1.70. The molecule has 1 amide bonds. The van der Waals surface area contributed by atoms with Gasteiger partial charge in [0.1, 0.15) is 0 Å². The number of thiophene rings is 1. The van der Waals surface area contributed by atoms with Gasteiger partial charge in [-0.25, -0.2) is 4.68 Å². The number of unbranched alkanes of at least 4 members (excludes halogenated alkanes) is 3. The van der Waals surface area contributed by atoms with Crippen LogP contribution in [0.4, 0.5) is 0 Å². The van der Waals surface area contributed by atoms with Crippen molar-refractivity contribution in [2.24, 2.45) is 0 Å². The molecule has 8 heteroatoms. The van der Waals surface area contributed by atoms with Crippen molar-refractivity contribution >= 4 is 29.0 Å². The van der Waals surface area contributed by atoms with E-state index in [1.807, 2.05) is 17.5 Å². The molecule has 0 spiro atoms. The van der Waals surface area contributed by atoms with Crippen molar-refractivity contribution in [3.05, 3.63) is 22.4 Å². The Morgan fingerprint density at radius 1 is 1.41 bits per heavy atom. The van der Waals surface area contributed by atoms with Gasteiger partial charge in [0, 0.05) is 11.4 Å². The molecular formula is C14H21N5OS2. The van der Waals surface area contributed by atoms with E-state index in [0.717, 1.165) is 13.0 Å². The fraction of sp³-hybridized carbons (Fsp3) is 0.571. The number of thioether (sulfide) groups is 1. The SMILES string of the molecule is CCCCCCNC(=O)CSc1nnnn1Cc1cccs1. The van der Waals surface area contributed by atoms with Crippen LogP contribution in [-0.2, 0) is 11.3 Å². The van der Waals surface area contributed by atoms with Gasteiger partial charge in [-0.05, 0) is 28.3 Å². The smallest absolute Gasteiger partial charge is 0.230 e.